The van der Waals surface area contributed by atoms with E-state index in [1.54, 1.807) is 6.08 Å². The molecule has 0 amide bonds. The van der Waals surface area contributed by atoms with Crippen molar-refractivity contribution in [2.75, 3.05) is 6.61 Å². The van der Waals surface area contributed by atoms with Crippen molar-refractivity contribution in [3.05, 3.63) is 11.6 Å². The van der Waals surface area contributed by atoms with E-state index in [4.69, 9.17) is 10.2 Å². The van der Waals surface area contributed by atoms with Crippen LogP contribution in [0.3, 0.4) is 0 Å². The minimum absolute atomic E-state index is 0.0362. The molecule has 0 bridgehead atoms. The van der Waals surface area contributed by atoms with E-state index in [0.29, 0.717) is 12.0 Å². The second-order valence-electron chi connectivity index (χ2n) is 1.95. The van der Waals surface area contributed by atoms with Crippen LogP contribution in [0.25, 0.3) is 0 Å². The van der Waals surface area contributed by atoms with Gasteiger partial charge in [0.15, 0.2) is 0 Å². The van der Waals surface area contributed by atoms with Crippen LogP contribution >= 0.6 is 0 Å². The summed E-state index contributed by atoms with van der Waals surface area (Å²) in [5.41, 5.74) is 0.706. The molecule has 2 N–H and O–H groups in total. The molecular formula is C7H14O2. The van der Waals surface area contributed by atoms with Crippen molar-refractivity contribution >= 4 is 0 Å². The summed E-state index contributed by atoms with van der Waals surface area (Å²) in [6.45, 7) is 3.65. The summed E-state index contributed by atoms with van der Waals surface area (Å²) in [7, 11) is 0. The van der Waals surface area contributed by atoms with Gasteiger partial charge in [-0.05, 0) is 18.9 Å². The molecule has 54 valence electrons. The zero-order valence-corrected chi connectivity index (χ0v) is 5.96. The van der Waals surface area contributed by atoms with Crippen LogP contribution < -0.4 is 0 Å². The first-order valence-corrected chi connectivity index (χ1v) is 3.20. The van der Waals surface area contributed by atoms with Crippen LogP contribution in [0.4, 0.5) is 0 Å². The molecule has 0 saturated heterocycles. The molecule has 0 aromatic rings. The third-order valence-corrected chi connectivity index (χ3v) is 1.37. The summed E-state index contributed by atoms with van der Waals surface area (Å²) in [6, 6.07) is 0. The Morgan fingerprint density at radius 3 is 2.33 bits per heavy atom. The van der Waals surface area contributed by atoms with Gasteiger partial charge in [0.1, 0.15) is 0 Å². The first-order valence-electron chi connectivity index (χ1n) is 3.20. The van der Waals surface area contributed by atoms with Crippen LogP contribution in [-0.4, -0.2) is 22.9 Å². The van der Waals surface area contributed by atoms with Gasteiger partial charge in [0.05, 0.1) is 12.7 Å². The average molecular weight is 130 g/mol. The van der Waals surface area contributed by atoms with Crippen molar-refractivity contribution in [1.29, 1.82) is 0 Å². The van der Waals surface area contributed by atoms with E-state index in [2.05, 4.69) is 0 Å². The highest BCUT2D eigenvalue weighted by Crippen LogP contribution is 2.03. The van der Waals surface area contributed by atoms with E-state index in [1.807, 2.05) is 13.8 Å². The van der Waals surface area contributed by atoms with Gasteiger partial charge in [-0.3, -0.25) is 0 Å². The molecule has 2 nitrogen and oxygen atoms in total. The van der Waals surface area contributed by atoms with Gasteiger partial charge in [-0.1, -0.05) is 13.0 Å². The van der Waals surface area contributed by atoms with Gasteiger partial charge in [0.25, 0.3) is 0 Å². The summed E-state index contributed by atoms with van der Waals surface area (Å²) >= 11 is 0. The first-order chi connectivity index (χ1) is 4.26. The van der Waals surface area contributed by atoms with Crippen molar-refractivity contribution in [3.8, 4) is 0 Å². The Labute approximate surface area is 55.8 Å². The standard InChI is InChI=1S/C7H14O2/c1-3-6(5-8)7(9)4-2/h3,7-9H,4-5H2,1-2H3/b6-3-. The highest BCUT2D eigenvalue weighted by atomic mass is 16.3. The van der Waals surface area contributed by atoms with E-state index < -0.39 is 6.10 Å². The van der Waals surface area contributed by atoms with Crippen LogP contribution in [0.2, 0.25) is 0 Å². The molecule has 1 unspecified atom stereocenters. The highest BCUT2D eigenvalue weighted by Gasteiger charge is 2.04. The molecule has 0 fully saturated rings. The van der Waals surface area contributed by atoms with Crippen molar-refractivity contribution in [2.45, 2.75) is 26.4 Å². The van der Waals surface area contributed by atoms with Crippen LogP contribution in [0.15, 0.2) is 11.6 Å². The molecule has 0 radical (unpaired) electrons. The van der Waals surface area contributed by atoms with Gasteiger partial charge in [-0.15, -0.1) is 0 Å². The normalized spacial score (nSPS) is 15.8. The van der Waals surface area contributed by atoms with Crippen molar-refractivity contribution < 1.29 is 10.2 Å². The maximum absolute atomic E-state index is 9.09. The van der Waals surface area contributed by atoms with Crippen LogP contribution in [0.1, 0.15) is 20.3 Å². The predicted octanol–water partition coefficient (Wildman–Crippen LogP) is 0.696. The fraction of sp³-hybridized carbons (Fsp3) is 0.714. The van der Waals surface area contributed by atoms with E-state index in [-0.39, 0.29) is 6.61 Å². The molecule has 0 aliphatic heterocycles. The number of aliphatic hydroxyl groups excluding tert-OH is 2. The van der Waals surface area contributed by atoms with E-state index in [9.17, 15) is 0 Å². The Hall–Kier alpha value is -0.340. The molecule has 0 saturated carbocycles. The lowest BCUT2D eigenvalue weighted by molar-refractivity contribution is 0.183. The summed E-state index contributed by atoms with van der Waals surface area (Å²) < 4.78 is 0. The predicted molar refractivity (Wildman–Crippen MR) is 37.1 cm³/mol. The molecule has 1 atom stereocenters. The molecule has 0 rings (SSSR count). The van der Waals surface area contributed by atoms with Crippen molar-refractivity contribution in [3.63, 3.8) is 0 Å². The maximum atomic E-state index is 9.09. The third kappa shape index (κ3) is 2.63. The van der Waals surface area contributed by atoms with Crippen molar-refractivity contribution in [1.82, 2.24) is 0 Å². The first kappa shape index (κ1) is 8.66. The van der Waals surface area contributed by atoms with Crippen molar-refractivity contribution in [2.24, 2.45) is 0 Å². The number of hydrogen-bond acceptors (Lipinski definition) is 2. The smallest absolute Gasteiger partial charge is 0.0769 e. The minimum atomic E-state index is -0.458. The fourth-order valence-electron chi connectivity index (χ4n) is 0.651. The minimum Gasteiger partial charge on any atom is -0.392 e. The Morgan fingerprint density at radius 1 is 1.67 bits per heavy atom. The van der Waals surface area contributed by atoms with Crippen LogP contribution in [0.5, 0.6) is 0 Å². The summed E-state index contributed by atoms with van der Waals surface area (Å²) in [4.78, 5) is 0. The van der Waals surface area contributed by atoms with Gasteiger partial charge in [-0.2, -0.15) is 0 Å². The molecule has 0 aromatic carbocycles. The average Bonchev–Trinajstić information content (AvgIpc) is 1.90. The number of allylic oxidation sites excluding steroid dienone is 1. The quantitative estimate of drug-likeness (QED) is 0.552. The zero-order valence-electron chi connectivity index (χ0n) is 5.96. The Bertz CT molecular complexity index is 97.1. The molecule has 0 spiro atoms. The van der Waals surface area contributed by atoms with Crippen LogP contribution in [-0.2, 0) is 0 Å². The Morgan fingerprint density at radius 2 is 2.22 bits per heavy atom. The van der Waals surface area contributed by atoms with Gasteiger partial charge in [0.2, 0.25) is 0 Å². The SMILES string of the molecule is C/C=C(/CO)C(O)CC. The molecule has 0 aliphatic carbocycles. The van der Waals surface area contributed by atoms with Gasteiger partial charge < -0.3 is 10.2 Å². The third-order valence-electron chi connectivity index (χ3n) is 1.37. The maximum Gasteiger partial charge on any atom is 0.0769 e. The van der Waals surface area contributed by atoms with Gasteiger partial charge >= 0.3 is 0 Å². The molecule has 2 heteroatoms. The fourth-order valence-corrected chi connectivity index (χ4v) is 0.651. The van der Waals surface area contributed by atoms with Crippen LogP contribution in [0, 0.1) is 0 Å². The van der Waals surface area contributed by atoms with E-state index in [1.165, 1.54) is 0 Å². The summed E-state index contributed by atoms with van der Waals surface area (Å²) in [5.74, 6) is 0. The molecule has 9 heavy (non-hydrogen) atoms. The molecule has 0 aliphatic rings. The second-order valence-corrected chi connectivity index (χ2v) is 1.95. The Balaban J connectivity index is 3.80. The largest absolute Gasteiger partial charge is 0.392 e. The molecular weight excluding hydrogens is 116 g/mol. The topological polar surface area (TPSA) is 40.5 Å². The van der Waals surface area contributed by atoms with Gasteiger partial charge in [0, 0.05) is 0 Å². The number of hydrogen-bond donors (Lipinski definition) is 2. The zero-order chi connectivity index (χ0) is 7.28. The summed E-state index contributed by atoms with van der Waals surface area (Å²) in [6.07, 6.45) is 1.95. The Kier molecular flexibility index (Phi) is 4.36. The molecule has 0 heterocycles. The van der Waals surface area contributed by atoms with Gasteiger partial charge in [-0.25, -0.2) is 0 Å². The lowest BCUT2D eigenvalue weighted by Crippen LogP contribution is -2.11. The second kappa shape index (κ2) is 4.53. The lowest BCUT2D eigenvalue weighted by Gasteiger charge is -2.08. The highest BCUT2D eigenvalue weighted by molar-refractivity contribution is 5.05. The monoisotopic (exact) mass is 130 g/mol. The number of aliphatic hydroxyl groups is 2. The molecule has 0 aromatic heterocycles. The summed E-state index contributed by atoms with van der Waals surface area (Å²) in [5, 5.41) is 17.7. The lowest BCUT2D eigenvalue weighted by atomic mass is 10.1. The number of rotatable bonds is 3. The van der Waals surface area contributed by atoms with E-state index >= 15 is 0 Å². The van der Waals surface area contributed by atoms with E-state index in [0.717, 1.165) is 0 Å².